The van der Waals surface area contributed by atoms with Gasteiger partial charge < -0.3 is 20.3 Å². The van der Waals surface area contributed by atoms with E-state index < -0.39 is 6.04 Å². The molecule has 29 heavy (non-hydrogen) atoms. The zero-order valence-electron chi connectivity index (χ0n) is 16.8. The van der Waals surface area contributed by atoms with Gasteiger partial charge in [-0.1, -0.05) is 12.1 Å². The van der Waals surface area contributed by atoms with Crippen LogP contribution in [0.3, 0.4) is 0 Å². The van der Waals surface area contributed by atoms with Gasteiger partial charge in [-0.3, -0.25) is 14.4 Å². The number of hydrogen-bond donors (Lipinski definition) is 2. The first kappa shape index (κ1) is 20.4. The molecule has 3 amide bonds. The molecule has 0 fully saturated rings. The molecular formula is C22H25N3O4. The second kappa shape index (κ2) is 8.77. The Morgan fingerprint density at radius 3 is 2.45 bits per heavy atom. The van der Waals surface area contributed by atoms with Gasteiger partial charge in [0.25, 0.3) is 0 Å². The highest BCUT2D eigenvalue weighted by Gasteiger charge is 2.23. The highest BCUT2D eigenvalue weighted by atomic mass is 16.5. The maximum atomic E-state index is 12.6. The van der Waals surface area contributed by atoms with E-state index in [1.165, 1.54) is 6.92 Å². The zero-order valence-corrected chi connectivity index (χ0v) is 16.8. The molecule has 1 aliphatic heterocycles. The summed E-state index contributed by atoms with van der Waals surface area (Å²) >= 11 is 0. The summed E-state index contributed by atoms with van der Waals surface area (Å²) in [7, 11) is 1.58. The van der Waals surface area contributed by atoms with Crippen molar-refractivity contribution in [2.45, 2.75) is 32.7 Å². The summed E-state index contributed by atoms with van der Waals surface area (Å²) in [5.41, 5.74) is 3.43. The Bertz CT molecular complexity index is 924. The maximum absolute atomic E-state index is 12.6. The summed E-state index contributed by atoms with van der Waals surface area (Å²) in [6.45, 7) is 3.63. The molecular weight excluding hydrogens is 370 g/mol. The molecule has 0 saturated carbocycles. The second-order valence-corrected chi connectivity index (χ2v) is 7.04. The fraction of sp³-hybridized carbons (Fsp3) is 0.318. The van der Waals surface area contributed by atoms with Crippen LogP contribution in [0.5, 0.6) is 5.75 Å². The summed E-state index contributed by atoms with van der Waals surface area (Å²) in [4.78, 5) is 37.6. The van der Waals surface area contributed by atoms with Crippen molar-refractivity contribution in [2.24, 2.45) is 0 Å². The molecule has 2 aromatic carbocycles. The van der Waals surface area contributed by atoms with Crippen LogP contribution in [0, 0.1) is 0 Å². The zero-order chi connectivity index (χ0) is 21.0. The average Bonchev–Trinajstić information content (AvgIpc) is 3.10. The molecule has 2 aromatic rings. The summed E-state index contributed by atoms with van der Waals surface area (Å²) in [5, 5.41) is 5.72. The van der Waals surface area contributed by atoms with Crippen LogP contribution >= 0.6 is 0 Å². The van der Waals surface area contributed by atoms with E-state index in [9.17, 15) is 14.4 Å². The van der Waals surface area contributed by atoms with Crippen LogP contribution < -0.4 is 20.3 Å². The molecule has 0 aliphatic carbocycles. The molecule has 1 aliphatic rings. The number of methoxy groups -OCH3 is 1. The Balaban J connectivity index is 1.70. The Labute approximate surface area is 170 Å². The lowest BCUT2D eigenvalue weighted by Gasteiger charge is -2.19. The van der Waals surface area contributed by atoms with Crippen molar-refractivity contribution < 1.29 is 19.1 Å². The molecule has 0 radical (unpaired) electrons. The monoisotopic (exact) mass is 395 g/mol. The first-order valence-electron chi connectivity index (χ1n) is 9.49. The summed E-state index contributed by atoms with van der Waals surface area (Å²) in [6.07, 6.45) is 0.863. The minimum absolute atomic E-state index is 0.0122. The molecule has 1 atom stereocenters. The first-order chi connectivity index (χ1) is 13.9. The average molecular weight is 395 g/mol. The van der Waals surface area contributed by atoms with E-state index in [1.807, 2.05) is 24.3 Å². The number of nitrogens with zero attached hydrogens (tertiary/aromatic N) is 1. The van der Waals surface area contributed by atoms with Gasteiger partial charge in [-0.15, -0.1) is 0 Å². The minimum atomic E-state index is -0.443. The second-order valence-electron chi connectivity index (χ2n) is 7.04. The van der Waals surface area contributed by atoms with Crippen LogP contribution in [0.1, 0.15) is 37.4 Å². The van der Waals surface area contributed by atoms with E-state index >= 15 is 0 Å². The smallest absolute Gasteiger partial charge is 0.226 e. The van der Waals surface area contributed by atoms with E-state index in [-0.39, 0.29) is 24.1 Å². The Morgan fingerprint density at radius 2 is 1.83 bits per heavy atom. The van der Waals surface area contributed by atoms with Gasteiger partial charge in [-0.2, -0.15) is 0 Å². The normalized spacial score (nSPS) is 13.4. The molecule has 7 heteroatoms. The standard InChI is InChI=1S/C22H25N3O4/c1-14(26)23-20(16-4-7-19(29-3)8-5-16)13-22(28)24-18-6-9-21-17(12-18)10-11-25(21)15(2)27/h4-9,12,20H,10-11,13H2,1-3H3,(H,23,26)(H,24,28). The van der Waals surface area contributed by atoms with Crippen molar-refractivity contribution in [1.82, 2.24) is 5.32 Å². The van der Waals surface area contributed by atoms with Gasteiger partial charge in [-0.25, -0.2) is 0 Å². The fourth-order valence-corrected chi connectivity index (χ4v) is 3.54. The molecule has 0 bridgehead atoms. The van der Waals surface area contributed by atoms with Gasteiger partial charge in [0.05, 0.1) is 19.6 Å². The van der Waals surface area contributed by atoms with Crippen molar-refractivity contribution in [3.8, 4) is 5.75 Å². The molecule has 0 spiro atoms. The van der Waals surface area contributed by atoms with Gasteiger partial charge in [0.2, 0.25) is 17.7 Å². The number of rotatable bonds is 6. The van der Waals surface area contributed by atoms with Gasteiger partial charge >= 0.3 is 0 Å². The van der Waals surface area contributed by atoms with Crippen LogP contribution in [0.25, 0.3) is 0 Å². The summed E-state index contributed by atoms with van der Waals surface area (Å²) in [6, 6.07) is 12.4. The van der Waals surface area contributed by atoms with Crippen molar-refractivity contribution in [3.63, 3.8) is 0 Å². The lowest BCUT2D eigenvalue weighted by atomic mass is 10.0. The third kappa shape index (κ3) is 4.93. The largest absolute Gasteiger partial charge is 0.497 e. The Kier molecular flexibility index (Phi) is 6.16. The van der Waals surface area contributed by atoms with Crippen LogP contribution in [0.2, 0.25) is 0 Å². The third-order valence-electron chi connectivity index (χ3n) is 4.92. The molecule has 3 rings (SSSR count). The number of ether oxygens (including phenoxy) is 1. The third-order valence-corrected chi connectivity index (χ3v) is 4.92. The molecule has 152 valence electrons. The van der Waals surface area contributed by atoms with Crippen LogP contribution in [0.4, 0.5) is 11.4 Å². The highest BCUT2D eigenvalue weighted by Crippen LogP contribution is 2.30. The van der Waals surface area contributed by atoms with Crippen LogP contribution in [0.15, 0.2) is 42.5 Å². The van der Waals surface area contributed by atoms with Crippen molar-refractivity contribution in [1.29, 1.82) is 0 Å². The Hall–Kier alpha value is -3.35. The SMILES string of the molecule is COc1ccc(C(CC(=O)Nc2ccc3c(c2)CCN3C(C)=O)NC(C)=O)cc1. The predicted molar refractivity (Wildman–Crippen MR) is 111 cm³/mol. The molecule has 1 heterocycles. The van der Waals surface area contributed by atoms with Gasteiger partial charge in [-0.05, 0) is 47.9 Å². The summed E-state index contributed by atoms with van der Waals surface area (Å²) < 4.78 is 5.16. The lowest BCUT2D eigenvalue weighted by molar-refractivity contribution is -0.120. The van der Waals surface area contributed by atoms with Gasteiger partial charge in [0.1, 0.15) is 5.75 Å². The topological polar surface area (TPSA) is 87.7 Å². The van der Waals surface area contributed by atoms with Crippen molar-refractivity contribution >= 4 is 29.1 Å². The minimum Gasteiger partial charge on any atom is -0.497 e. The number of fused-ring (bicyclic) bond motifs is 1. The molecule has 7 nitrogen and oxygen atoms in total. The van der Waals surface area contributed by atoms with E-state index in [4.69, 9.17) is 4.74 Å². The highest BCUT2D eigenvalue weighted by molar-refractivity contribution is 5.95. The van der Waals surface area contributed by atoms with Crippen molar-refractivity contribution in [3.05, 3.63) is 53.6 Å². The first-order valence-corrected chi connectivity index (χ1v) is 9.49. The van der Waals surface area contributed by atoms with Gasteiger partial charge in [0.15, 0.2) is 0 Å². The van der Waals surface area contributed by atoms with E-state index in [0.717, 1.165) is 23.2 Å². The quantitative estimate of drug-likeness (QED) is 0.787. The Morgan fingerprint density at radius 1 is 1.10 bits per heavy atom. The molecule has 2 N–H and O–H groups in total. The summed E-state index contributed by atoms with van der Waals surface area (Å²) in [5.74, 6) is 0.303. The predicted octanol–water partition coefficient (Wildman–Crippen LogP) is 2.81. The van der Waals surface area contributed by atoms with Crippen molar-refractivity contribution in [2.75, 3.05) is 23.9 Å². The molecule has 1 unspecified atom stereocenters. The number of anilines is 2. The number of benzene rings is 2. The number of carbonyl (C=O) groups excluding carboxylic acids is 3. The van der Waals surface area contributed by atoms with E-state index in [2.05, 4.69) is 10.6 Å². The van der Waals surface area contributed by atoms with E-state index in [1.54, 1.807) is 37.1 Å². The number of carbonyl (C=O) groups is 3. The van der Waals surface area contributed by atoms with Crippen LogP contribution in [-0.4, -0.2) is 31.4 Å². The molecule has 0 saturated heterocycles. The number of nitrogens with one attached hydrogen (secondary N) is 2. The van der Waals surface area contributed by atoms with Crippen LogP contribution in [-0.2, 0) is 20.8 Å². The fourth-order valence-electron chi connectivity index (χ4n) is 3.54. The molecule has 0 aromatic heterocycles. The number of hydrogen-bond acceptors (Lipinski definition) is 4. The lowest BCUT2D eigenvalue weighted by Crippen LogP contribution is -2.29. The van der Waals surface area contributed by atoms with Gasteiger partial charge in [0, 0.05) is 31.8 Å². The number of amides is 3. The maximum Gasteiger partial charge on any atom is 0.226 e. The van der Waals surface area contributed by atoms with E-state index in [0.29, 0.717) is 18.0 Å².